The SMILES string of the molecule is COc1ccc2c(c1)OCCNC(=O)[C@@H](NC(=O)c1[nH]c3ccc(Cl)cc3c1-c1ccccc1)CCCCNC2=O. The summed E-state index contributed by atoms with van der Waals surface area (Å²) in [5.41, 5.74) is 3.08. The number of hydrogen-bond acceptors (Lipinski definition) is 5. The summed E-state index contributed by atoms with van der Waals surface area (Å²) < 4.78 is 11.1. The average Bonchev–Trinajstić information content (AvgIpc) is 3.37. The monoisotopic (exact) mass is 574 g/mol. The number of halogens is 1. The van der Waals surface area contributed by atoms with Crippen molar-refractivity contribution in [3.63, 3.8) is 0 Å². The van der Waals surface area contributed by atoms with Gasteiger partial charge in [0.05, 0.1) is 19.2 Å². The molecule has 1 aliphatic heterocycles. The molecule has 1 aromatic heterocycles. The molecule has 0 spiro atoms. The largest absolute Gasteiger partial charge is 0.497 e. The van der Waals surface area contributed by atoms with Crippen molar-refractivity contribution in [2.45, 2.75) is 25.3 Å². The van der Waals surface area contributed by atoms with E-state index in [4.69, 9.17) is 21.1 Å². The van der Waals surface area contributed by atoms with E-state index in [1.54, 1.807) is 24.3 Å². The Labute approximate surface area is 242 Å². The standard InChI is InChI=1S/C31H31ClN4O5/c1-40-21-11-12-22-26(18-21)41-16-15-34-30(38)25(9-5-6-14-33-29(22)37)36-31(39)28-27(19-7-3-2-4-8-19)23-17-20(32)10-13-24(23)35-28/h2-4,7-8,10-13,17-18,25,35H,5-6,9,14-16H2,1H3,(H,33,37)(H,34,38)(H,36,39)/t25-/m0/s1. The van der Waals surface area contributed by atoms with Crippen molar-refractivity contribution < 1.29 is 23.9 Å². The van der Waals surface area contributed by atoms with Gasteiger partial charge >= 0.3 is 0 Å². The second-order valence-electron chi connectivity index (χ2n) is 9.71. The van der Waals surface area contributed by atoms with Gasteiger partial charge in [0, 0.05) is 34.1 Å². The molecule has 0 unspecified atom stereocenters. The van der Waals surface area contributed by atoms with Gasteiger partial charge in [-0.05, 0) is 55.2 Å². The van der Waals surface area contributed by atoms with Gasteiger partial charge in [-0.2, -0.15) is 0 Å². The van der Waals surface area contributed by atoms with Crippen molar-refractivity contribution in [2.24, 2.45) is 0 Å². The van der Waals surface area contributed by atoms with Crippen molar-refractivity contribution in [1.82, 2.24) is 20.9 Å². The zero-order valence-electron chi connectivity index (χ0n) is 22.6. The minimum atomic E-state index is -0.785. The summed E-state index contributed by atoms with van der Waals surface area (Å²) in [4.78, 5) is 42.9. The predicted molar refractivity (Wildman–Crippen MR) is 158 cm³/mol. The van der Waals surface area contributed by atoms with E-state index in [0.717, 1.165) is 16.5 Å². The molecule has 3 amide bonds. The Morgan fingerprint density at radius 1 is 1.00 bits per heavy atom. The number of rotatable bonds is 4. The second-order valence-corrected chi connectivity index (χ2v) is 10.1. The third kappa shape index (κ3) is 6.47. The lowest BCUT2D eigenvalue weighted by molar-refractivity contribution is -0.123. The van der Waals surface area contributed by atoms with Crippen molar-refractivity contribution in [3.8, 4) is 22.6 Å². The highest BCUT2D eigenvalue weighted by Gasteiger charge is 2.25. The van der Waals surface area contributed by atoms with Crippen molar-refractivity contribution in [1.29, 1.82) is 0 Å². The van der Waals surface area contributed by atoms with E-state index < -0.39 is 11.9 Å². The minimum absolute atomic E-state index is 0.126. The molecule has 10 heteroatoms. The van der Waals surface area contributed by atoms with Crippen LogP contribution in [-0.4, -0.2) is 55.6 Å². The molecule has 0 saturated carbocycles. The van der Waals surface area contributed by atoms with Crippen LogP contribution in [0.3, 0.4) is 0 Å². The van der Waals surface area contributed by atoms with Gasteiger partial charge in [-0.25, -0.2) is 0 Å². The number of amides is 3. The number of aromatic amines is 1. The van der Waals surface area contributed by atoms with E-state index >= 15 is 0 Å². The average molecular weight is 575 g/mol. The Kier molecular flexibility index (Phi) is 8.74. The fourth-order valence-corrected chi connectivity index (χ4v) is 5.08. The third-order valence-corrected chi connectivity index (χ3v) is 7.20. The van der Waals surface area contributed by atoms with Gasteiger partial charge in [0.15, 0.2) is 0 Å². The molecule has 9 nitrogen and oxygen atoms in total. The number of carbonyl (C=O) groups is 3. The van der Waals surface area contributed by atoms with Crippen molar-refractivity contribution >= 4 is 40.2 Å². The summed E-state index contributed by atoms with van der Waals surface area (Å²) in [6.45, 7) is 0.720. The first-order valence-corrected chi connectivity index (χ1v) is 13.9. The maximum Gasteiger partial charge on any atom is 0.269 e. The number of fused-ring (bicyclic) bond motifs is 2. The summed E-state index contributed by atoms with van der Waals surface area (Å²) in [5.74, 6) is -0.0396. The van der Waals surface area contributed by atoms with Crippen LogP contribution in [-0.2, 0) is 4.79 Å². The van der Waals surface area contributed by atoms with Crippen LogP contribution in [0.15, 0.2) is 66.7 Å². The van der Waals surface area contributed by atoms with E-state index in [-0.39, 0.29) is 25.0 Å². The first-order chi connectivity index (χ1) is 19.9. The molecule has 0 radical (unpaired) electrons. The second kappa shape index (κ2) is 12.8. The molecular formula is C31H31ClN4O5. The van der Waals surface area contributed by atoms with Gasteiger partial charge in [-0.15, -0.1) is 0 Å². The number of nitrogens with one attached hydrogen (secondary N) is 4. The third-order valence-electron chi connectivity index (χ3n) is 6.97. The van der Waals surface area contributed by atoms with Gasteiger partial charge in [0.1, 0.15) is 29.8 Å². The molecule has 2 heterocycles. The fourth-order valence-electron chi connectivity index (χ4n) is 4.90. The van der Waals surface area contributed by atoms with E-state index in [1.165, 1.54) is 7.11 Å². The maximum atomic E-state index is 13.7. The molecule has 0 fully saturated rings. The summed E-state index contributed by atoms with van der Waals surface area (Å²) in [5, 5.41) is 10.1. The topological polar surface area (TPSA) is 122 Å². The number of methoxy groups -OCH3 is 1. The Morgan fingerprint density at radius 3 is 2.63 bits per heavy atom. The van der Waals surface area contributed by atoms with Gasteiger partial charge in [0.2, 0.25) is 5.91 Å². The highest BCUT2D eigenvalue weighted by Crippen LogP contribution is 2.34. The Bertz CT molecular complexity index is 1570. The first-order valence-electron chi connectivity index (χ1n) is 13.5. The molecule has 1 atom stereocenters. The van der Waals surface area contributed by atoms with Gasteiger partial charge in [-0.1, -0.05) is 41.9 Å². The van der Waals surface area contributed by atoms with E-state index in [1.807, 2.05) is 42.5 Å². The van der Waals surface area contributed by atoms with Crippen molar-refractivity contribution in [2.75, 3.05) is 26.8 Å². The summed E-state index contributed by atoms with van der Waals surface area (Å²) in [6.07, 6.45) is 1.63. The number of aromatic nitrogens is 1. The number of hydrogen-bond donors (Lipinski definition) is 4. The Morgan fingerprint density at radius 2 is 1.83 bits per heavy atom. The molecule has 0 saturated heterocycles. The predicted octanol–water partition coefficient (Wildman–Crippen LogP) is 4.70. The van der Waals surface area contributed by atoms with Crippen LogP contribution in [0.2, 0.25) is 5.02 Å². The summed E-state index contributed by atoms with van der Waals surface area (Å²) in [6, 6.07) is 19.2. The molecule has 4 N–H and O–H groups in total. The van der Waals surface area contributed by atoms with Crippen LogP contribution < -0.4 is 25.4 Å². The molecule has 3 aromatic carbocycles. The Hall–Kier alpha value is -4.50. The quantitative estimate of drug-likeness (QED) is 0.281. The number of benzene rings is 3. The highest BCUT2D eigenvalue weighted by molar-refractivity contribution is 6.31. The van der Waals surface area contributed by atoms with Crippen molar-refractivity contribution in [3.05, 3.63) is 83.0 Å². The zero-order valence-corrected chi connectivity index (χ0v) is 23.3. The molecule has 212 valence electrons. The maximum absolute atomic E-state index is 13.7. The summed E-state index contributed by atoms with van der Waals surface area (Å²) >= 11 is 6.29. The van der Waals surface area contributed by atoms with Crippen LogP contribution in [0, 0.1) is 0 Å². The molecule has 5 rings (SSSR count). The van der Waals surface area contributed by atoms with Gasteiger partial charge in [-0.3, -0.25) is 14.4 Å². The van der Waals surface area contributed by atoms with Gasteiger partial charge < -0.3 is 30.4 Å². The van der Waals surface area contributed by atoms with E-state index in [9.17, 15) is 14.4 Å². The lowest BCUT2D eigenvalue weighted by Gasteiger charge is -2.20. The van der Waals surface area contributed by atoms with E-state index in [2.05, 4.69) is 20.9 Å². The number of H-pyrrole nitrogens is 1. The van der Waals surface area contributed by atoms with Crippen LogP contribution in [0.25, 0.3) is 22.0 Å². The zero-order chi connectivity index (χ0) is 28.8. The highest BCUT2D eigenvalue weighted by atomic mass is 35.5. The first kappa shape index (κ1) is 28.0. The smallest absolute Gasteiger partial charge is 0.269 e. The molecular weight excluding hydrogens is 544 g/mol. The number of carbonyl (C=O) groups excluding carboxylic acids is 3. The molecule has 0 bridgehead atoms. The summed E-state index contributed by atoms with van der Waals surface area (Å²) in [7, 11) is 1.54. The lowest BCUT2D eigenvalue weighted by Crippen LogP contribution is -2.47. The van der Waals surface area contributed by atoms with Crippen LogP contribution in [0.1, 0.15) is 40.1 Å². The lowest BCUT2D eigenvalue weighted by atomic mass is 10.0. The minimum Gasteiger partial charge on any atom is -0.497 e. The molecule has 4 aromatic rings. The van der Waals surface area contributed by atoms with Crippen LogP contribution >= 0.6 is 11.6 Å². The number of ether oxygens (including phenoxy) is 2. The normalized spacial score (nSPS) is 16.5. The fraction of sp³-hybridized carbons (Fsp3) is 0.258. The van der Waals surface area contributed by atoms with Gasteiger partial charge in [0.25, 0.3) is 11.8 Å². The van der Waals surface area contributed by atoms with Crippen LogP contribution in [0.4, 0.5) is 0 Å². The molecule has 1 aliphatic rings. The van der Waals surface area contributed by atoms with E-state index in [0.29, 0.717) is 59.1 Å². The molecule has 0 aliphatic carbocycles. The van der Waals surface area contributed by atoms with Crippen LogP contribution in [0.5, 0.6) is 11.5 Å². The Balaban J connectivity index is 1.36. The molecule has 41 heavy (non-hydrogen) atoms.